The lowest BCUT2D eigenvalue weighted by Gasteiger charge is -2.31. The Morgan fingerprint density at radius 3 is 2.83 bits per heavy atom. The topological polar surface area (TPSA) is 131 Å². The van der Waals surface area contributed by atoms with E-state index >= 15 is 0 Å². The van der Waals surface area contributed by atoms with E-state index in [1.165, 1.54) is 12.6 Å². The molecule has 0 aliphatic heterocycles. The first kappa shape index (κ1) is 19.8. The molecule has 3 heterocycles. The van der Waals surface area contributed by atoms with Gasteiger partial charge < -0.3 is 24.7 Å². The molecule has 3 aromatic rings. The number of nitrogens with one attached hydrogen (secondary N) is 2. The summed E-state index contributed by atoms with van der Waals surface area (Å²) in [7, 11) is 3.33. The van der Waals surface area contributed by atoms with E-state index in [0.717, 1.165) is 0 Å². The van der Waals surface area contributed by atoms with Crippen molar-refractivity contribution in [2.24, 2.45) is 11.3 Å². The number of amides is 1. The maximum atomic E-state index is 12.5. The Morgan fingerprint density at radius 2 is 2.17 bits per heavy atom. The lowest BCUT2D eigenvalue weighted by molar-refractivity contribution is -0.137. The summed E-state index contributed by atoms with van der Waals surface area (Å²) in [5, 5.41) is 16.4. The molecular weight excluding hydrogens is 386 g/mol. The summed E-state index contributed by atoms with van der Waals surface area (Å²) in [6.45, 7) is 3.76. The zero-order valence-electron chi connectivity index (χ0n) is 17.2. The molecule has 1 aliphatic carbocycles. The fourth-order valence-corrected chi connectivity index (χ4v) is 4.15. The summed E-state index contributed by atoms with van der Waals surface area (Å²) in [4.78, 5) is 29.8. The molecule has 1 saturated carbocycles. The van der Waals surface area contributed by atoms with E-state index in [1.807, 2.05) is 11.5 Å². The van der Waals surface area contributed by atoms with Gasteiger partial charge in [0.1, 0.15) is 0 Å². The van der Waals surface area contributed by atoms with E-state index in [9.17, 15) is 9.90 Å². The van der Waals surface area contributed by atoms with Crippen LogP contribution in [0.4, 0.5) is 5.82 Å². The second-order valence-corrected chi connectivity index (χ2v) is 7.55. The van der Waals surface area contributed by atoms with Gasteiger partial charge in [-0.15, -0.1) is 0 Å². The van der Waals surface area contributed by atoms with Crippen molar-refractivity contribution in [3.63, 3.8) is 0 Å². The van der Waals surface area contributed by atoms with Crippen molar-refractivity contribution >= 4 is 22.9 Å². The van der Waals surface area contributed by atoms with E-state index in [4.69, 9.17) is 4.42 Å². The Labute approximate surface area is 173 Å². The third-order valence-corrected chi connectivity index (χ3v) is 6.14. The first-order valence-electron chi connectivity index (χ1n) is 9.63. The van der Waals surface area contributed by atoms with Crippen molar-refractivity contribution in [1.82, 2.24) is 29.8 Å². The van der Waals surface area contributed by atoms with Crippen LogP contribution >= 0.6 is 0 Å². The highest BCUT2D eigenvalue weighted by molar-refractivity contribution is 5.85. The summed E-state index contributed by atoms with van der Waals surface area (Å²) in [5.41, 5.74) is 0.267. The molecule has 0 unspecified atom stereocenters. The highest BCUT2D eigenvalue weighted by atomic mass is 16.3. The normalized spacial score (nSPS) is 25.7. The minimum absolute atomic E-state index is 0.151. The maximum Gasteiger partial charge on any atom is 0.228 e. The van der Waals surface area contributed by atoms with Gasteiger partial charge >= 0.3 is 0 Å². The second-order valence-electron chi connectivity index (χ2n) is 7.55. The van der Waals surface area contributed by atoms with Crippen molar-refractivity contribution < 1.29 is 14.3 Å². The van der Waals surface area contributed by atoms with Gasteiger partial charge in [-0.1, -0.05) is 6.92 Å². The predicted molar refractivity (Wildman–Crippen MR) is 108 cm³/mol. The van der Waals surface area contributed by atoms with Gasteiger partial charge in [0.15, 0.2) is 29.1 Å². The van der Waals surface area contributed by atoms with Crippen LogP contribution in [-0.4, -0.2) is 55.7 Å². The average molecular weight is 409 g/mol. The molecule has 4 atom stereocenters. The fraction of sp³-hybridized carbons (Fsp3) is 0.450. The number of aromatic nitrogens is 5. The number of carbonyl (C=O) groups excluding carboxylic acids is 1. The van der Waals surface area contributed by atoms with E-state index in [0.29, 0.717) is 35.0 Å². The largest absolute Gasteiger partial charge is 0.435 e. The SMILES string of the molecule is CNC(=O)[C@@]1(C)[C@H](C)[C@@H](n2cnc3c(NC)nc(C#Cc4cnco4)nc32)C[C@@H]1O. The number of aliphatic hydroxyl groups excluding tert-OH is 1. The van der Waals surface area contributed by atoms with Crippen LogP contribution < -0.4 is 10.6 Å². The van der Waals surface area contributed by atoms with Gasteiger partial charge in [-0.05, 0) is 31.1 Å². The number of fused-ring (bicyclic) bond motifs is 1. The van der Waals surface area contributed by atoms with Crippen molar-refractivity contribution in [3.05, 3.63) is 30.5 Å². The average Bonchev–Trinajstić information content (AvgIpc) is 3.47. The van der Waals surface area contributed by atoms with Gasteiger partial charge in [0.2, 0.25) is 11.7 Å². The third-order valence-electron chi connectivity index (χ3n) is 6.14. The second kappa shape index (κ2) is 7.42. The zero-order chi connectivity index (χ0) is 21.5. The molecule has 3 N–H and O–H groups in total. The highest BCUT2D eigenvalue weighted by Gasteiger charge is 2.54. The Hall–Kier alpha value is -3.45. The van der Waals surface area contributed by atoms with E-state index in [2.05, 4.69) is 42.4 Å². The van der Waals surface area contributed by atoms with Crippen LogP contribution in [0.15, 0.2) is 23.3 Å². The molecule has 3 aromatic heterocycles. The molecule has 0 spiro atoms. The predicted octanol–water partition coefficient (Wildman–Crippen LogP) is 0.950. The van der Waals surface area contributed by atoms with Crippen LogP contribution in [0.3, 0.4) is 0 Å². The zero-order valence-corrected chi connectivity index (χ0v) is 17.2. The molecule has 0 aromatic carbocycles. The van der Waals surface area contributed by atoms with Gasteiger partial charge in [-0.3, -0.25) is 4.79 Å². The Kier molecular flexibility index (Phi) is 4.91. The number of imidazole rings is 1. The molecule has 4 rings (SSSR count). The van der Waals surface area contributed by atoms with Crippen molar-refractivity contribution in [3.8, 4) is 11.8 Å². The van der Waals surface area contributed by atoms with Gasteiger partial charge in [0, 0.05) is 20.1 Å². The molecule has 0 bridgehead atoms. The van der Waals surface area contributed by atoms with Gasteiger partial charge in [-0.2, -0.15) is 0 Å². The summed E-state index contributed by atoms with van der Waals surface area (Å²) in [6.07, 6.45) is 4.12. The molecule has 10 heteroatoms. The van der Waals surface area contributed by atoms with Gasteiger partial charge in [0.25, 0.3) is 0 Å². The van der Waals surface area contributed by atoms with Crippen molar-refractivity contribution in [2.45, 2.75) is 32.4 Å². The number of anilines is 1. The number of carbonyl (C=O) groups is 1. The maximum absolute atomic E-state index is 12.5. The highest BCUT2D eigenvalue weighted by Crippen LogP contribution is 2.50. The number of hydrogen-bond donors (Lipinski definition) is 3. The lowest BCUT2D eigenvalue weighted by Crippen LogP contribution is -2.46. The van der Waals surface area contributed by atoms with Crippen LogP contribution in [0, 0.1) is 23.2 Å². The summed E-state index contributed by atoms with van der Waals surface area (Å²) in [5.74, 6) is 6.63. The monoisotopic (exact) mass is 409 g/mol. The van der Waals surface area contributed by atoms with Crippen LogP contribution in [0.1, 0.15) is 37.9 Å². The molecule has 30 heavy (non-hydrogen) atoms. The minimum atomic E-state index is -0.913. The van der Waals surface area contributed by atoms with Crippen LogP contribution in [-0.2, 0) is 4.79 Å². The van der Waals surface area contributed by atoms with E-state index in [-0.39, 0.29) is 17.9 Å². The number of oxazole rings is 1. The molecule has 1 aliphatic rings. The lowest BCUT2D eigenvalue weighted by atomic mass is 9.77. The van der Waals surface area contributed by atoms with Gasteiger partial charge in [-0.25, -0.2) is 19.9 Å². The van der Waals surface area contributed by atoms with Crippen LogP contribution in [0.2, 0.25) is 0 Å². The third kappa shape index (κ3) is 2.98. The first-order chi connectivity index (χ1) is 14.4. The molecule has 0 saturated heterocycles. The Bertz CT molecular complexity index is 1140. The summed E-state index contributed by atoms with van der Waals surface area (Å²) in [6, 6.07) is -0.165. The fourth-order valence-electron chi connectivity index (χ4n) is 4.15. The molecule has 0 radical (unpaired) electrons. The van der Waals surface area contributed by atoms with Crippen LogP contribution in [0.25, 0.3) is 11.2 Å². The molecule has 10 nitrogen and oxygen atoms in total. The first-order valence-corrected chi connectivity index (χ1v) is 9.63. The molecular formula is C20H23N7O3. The minimum Gasteiger partial charge on any atom is -0.435 e. The van der Waals surface area contributed by atoms with Gasteiger partial charge in [0.05, 0.1) is 24.0 Å². The smallest absolute Gasteiger partial charge is 0.228 e. The molecule has 1 amide bonds. The number of nitrogens with zero attached hydrogens (tertiary/aromatic N) is 5. The number of aliphatic hydroxyl groups is 1. The number of rotatable bonds is 3. The molecule has 156 valence electrons. The summed E-state index contributed by atoms with van der Waals surface area (Å²) < 4.78 is 7.03. The van der Waals surface area contributed by atoms with Crippen LogP contribution in [0.5, 0.6) is 0 Å². The standard InChI is InChI=1S/C20H23N7O3/c1-11-13(7-14(28)20(11,2)19(29)22-4)27-9-24-16-17(21-3)25-15(26-18(16)27)6-5-12-8-23-10-30-12/h8-11,13-14,28H,7H2,1-4H3,(H,22,29)(H,21,25,26)/t11-,13+,14+,20+/m1/s1. The van der Waals surface area contributed by atoms with Crippen molar-refractivity contribution in [2.75, 3.05) is 19.4 Å². The Morgan fingerprint density at radius 1 is 1.37 bits per heavy atom. The molecule has 1 fully saturated rings. The van der Waals surface area contributed by atoms with E-state index in [1.54, 1.807) is 27.3 Å². The summed E-state index contributed by atoms with van der Waals surface area (Å²) >= 11 is 0. The number of hydrogen-bond acceptors (Lipinski definition) is 8. The van der Waals surface area contributed by atoms with Crippen molar-refractivity contribution in [1.29, 1.82) is 0 Å². The Balaban J connectivity index is 1.79. The van der Waals surface area contributed by atoms with E-state index < -0.39 is 11.5 Å². The quantitative estimate of drug-likeness (QED) is 0.545.